The first kappa shape index (κ1) is 24.6. The molecule has 9 nitrogen and oxygen atoms in total. The molecule has 2 aliphatic heterocycles. The standard InChI is InChI=1S/C25H37N5O4/c1-6-30-22-21(23(31)27-25(30)33)19(11-20(26-22)15(2)3)24(32)29-9-7-18(8-10-29)14-28-12-16(4)34-17(5)13-28/h11,15-18H,6-10,12-14H2,1-5H3,(H,27,31,33). The number of carbonyl (C=O) groups excluding carboxylic acids is 1. The van der Waals surface area contributed by atoms with Gasteiger partial charge >= 0.3 is 5.69 Å². The Labute approximate surface area is 200 Å². The highest BCUT2D eigenvalue weighted by Crippen LogP contribution is 2.25. The Morgan fingerprint density at radius 1 is 1.18 bits per heavy atom. The van der Waals surface area contributed by atoms with Crippen molar-refractivity contribution in [1.82, 2.24) is 24.3 Å². The Hall–Kier alpha value is -2.52. The molecule has 34 heavy (non-hydrogen) atoms. The maximum Gasteiger partial charge on any atom is 0.329 e. The maximum atomic E-state index is 13.6. The number of aryl methyl sites for hydroxylation is 1. The monoisotopic (exact) mass is 471 g/mol. The highest BCUT2D eigenvalue weighted by atomic mass is 16.5. The lowest BCUT2D eigenvalue weighted by Gasteiger charge is -2.39. The van der Waals surface area contributed by atoms with Crippen LogP contribution in [0.5, 0.6) is 0 Å². The van der Waals surface area contributed by atoms with E-state index < -0.39 is 11.2 Å². The van der Waals surface area contributed by atoms with Gasteiger partial charge in [-0.05, 0) is 51.5 Å². The summed E-state index contributed by atoms with van der Waals surface area (Å²) in [5, 5.41) is 0.203. The Balaban J connectivity index is 1.56. The van der Waals surface area contributed by atoms with Crippen LogP contribution in [0.1, 0.15) is 69.4 Å². The third kappa shape index (κ3) is 4.95. The van der Waals surface area contributed by atoms with Gasteiger partial charge in [0.25, 0.3) is 11.5 Å². The summed E-state index contributed by atoms with van der Waals surface area (Å²) in [5.74, 6) is 0.434. The van der Waals surface area contributed by atoms with Crippen molar-refractivity contribution >= 4 is 16.9 Å². The van der Waals surface area contributed by atoms with Crippen molar-refractivity contribution < 1.29 is 9.53 Å². The van der Waals surface area contributed by atoms with E-state index in [0.29, 0.717) is 36.8 Å². The number of aromatic amines is 1. The fourth-order valence-electron chi connectivity index (χ4n) is 5.34. The number of hydrogen-bond acceptors (Lipinski definition) is 6. The number of piperidine rings is 1. The summed E-state index contributed by atoms with van der Waals surface area (Å²) >= 11 is 0. The number of nitrogens with one attached hydrogen (secondary N) is 1. The Morgan fingerprint density at radius 3 is 2.41 bits per heavy atom. The van der Waals surface area contributed by atoms with E-state index >= 15 is 0 Å². The summed E-state index contributed by atoms with van der Waals surface area (Å²) in [6.45, 7) is 14.6. The minimum atomic E-state index is -0.554. The number of ether oxygens (including phenoxy) is 1. The van der Waals surface area contributed by atoms with E-state index in [0.717, 1.165) is 32.5 Å². The molecule has 186 valence electrons. The fourth-order valence-corrected chi connectivity index (χ4v) is 5.34. The molecule has 2 aromatic heterocycles. The van der Waals surface area contributed by atoms with E-state index in [2.05, 4.69) is 28.7 Å². The average Bonchev–Trinajstić information content (AvgIpc) is 2.77. The highest BCUT2D eigenvalue weighted by molar-refractivity contribution is 6.05. The van der Waals surface area contributed by atoms with Gasteiger partial charge in [0, 0.05) is 45.0 Å². The van der Waals surface area contributed by atoms with E-state index in [1.165, 1.54) is 4.57 Å². The van der Waals surface area contributed by atoms with Crippen molar-refractivity contribution in [2.75, 3.05) is 32.7 Å². The van der Waals surface area contributed by atoms with E-state index in [-0.39, 0.29) is 35.1 Å². The highest BCUT2D eigenvalue weighted by Gasteiger charge is 2.30. The molecule has 0 aromatic carbocycles. The van der Waals surface area contributed by atoms with E-state index in [1.54, 1.807) is 6.07 Å². The number of aromatic nitrogens is 3. The van der Waals surface area contributed by atoms with Gasteiger partial charge in [-0.25, -0.2) is 9.78 Å². The van der Waals surface area contributed by atoms with Crippen molar-refractivity contribution in [2.24, 2.45) is 5.92 Å². The predicted molar refractivity (Wildman–Crippen MR) is 131 cm³/mol. The minimum Gasteiger partial charge on any atom is -0.373 e. The molecule has 0 spiro atoms. The fraction of sp³-hybridized carbons (Fsp3) is 0.680. The molecule has 2 aromatic rings. The second-order valence-corrected chi connectivity index (χ2v) is 10.2. The van der Waals surface area contributed by atoms with Gasteiger partial charge < -0.3 is 9.64 Å². The molecule has 4 rings (SSSR count). The number of fused-ring (bicyclic) bond motifs is 1. The molecule has 2 unspecified atom stereocenters. The molecular weight excluding hydrogens is 434 g/mol. The molecule has 1 N–H and O–H groups in total. The smallest absolute Gasteiger partial charge is 0.329 e. The number of carbonyl (C=O) groups is 1. The second-order valence-electron chi connectivity index (χ2n) is 10.2. The van der Waals surface area contributed by atoms with Crippen LogP contribution in [0, 0.1) is 5.92 Å². The lowest BCUT2D eigenvalue weighted by Crippen LogP contribution is -2.48. The summed E-state index contributed by atoms with van der Waals surface area (Å²) < 4.78 is 7.28. The van der Waals surface area contributed by atoms with Crippen LogP contribution in [-0.4, -0.2) is 75.2 Å². The zero-order chi connectivity index (χ0) is 24.6. The summed E-state index contributed by atoms with van der Waals surface area (Å²) in [7, 11) is 0. The molecule has 4 heterocycles. The van der Waals surface area contributed by atoms with Crippen LogP contribution >= 0.6 is 0 Å². The Bertz CT molecular complexity index is 1150. The lowest BCUT2D eigenvalue weighted by molar-refractivity contribution is -0.0728. The van der Waals surface area contributed by atoms with Crippen LogP contribution in [0.2, 0.25) is 0 Å². The largest absolute Gasteiger partial charge is 0.373 e. The van der Waals surface area contributed by atoms with Crippen LogP contribution in [0.3, 0.4) is 0 Å². The Morgan fingerprint density at radius 2 is 1.82 bits per heavy atom. The molecule has 2 aliphatic rings. The number of H-pyrrole nitrogens is 1. The van der Waals surface area contributed by atoms with Crippen molar-refractivity contribution in [1.29, 1.82) is 0 Å². The van der Waals surface area contributed by atoms with E-state index in [9.17, 15) is 14.4 Å². The molecule has 9 heteroatoms. The first-order chi connectivity index (χ1) is 16.2. The number of hydrogen-bond donors (Lipinski definition) is 1. The predicted octanol–water partition coefficient (Wildman–Crippen LogP) is 2.19. The SMILES string of the molecule is CCn1c(=O)[nH]c(=O)c2c(C(=O)N3CCC(CN4CC(C)OC(C)C4)CC3)cc(C(C)C)nc21. The number of likely N-dealkylation sites (tertiary alicyclic amines) is 1. The first-order valence-corrected chi connectivity index (χ1v) is 12.5. The molecule has 1 amide bonds. The quantitative estimate of drug-likeness (QED) is 0.718. The first-order valence-electron chi connectivity index (χ1n) is 12.5. The summed E-state index contributed by atoms with van der Waals surface area (Å²) in [4.78, 5) is 50.1. The second kappa shape index (κ2) is 10.00. The summed E-state index contributed by atoms with van der Waals surface area (Å²) in [6.07, 6.45) is 2.36. The number of amides is 1. The number of nitrogens with zero attached hydrogens (tertiary/aromatic N) is 4. The van der Waals surface area contributed by atoms with Gasteiger partial charge in [-0.15, -0.1) is 0 Å². The van der Waals surface area contributed by atoms with Gasteiger partial charge in [-0.2, -0.15) is 0 Å². The topological polar surface area (TPSA) is 101 Å². The van der Waals surface area contributed by atoms with Crippen LogP contribution in [0.15, 0.2) is 15.7 Å². The molecule has 2 saturated heterocycles. The third-order valence-electron chi connectivity index (χ3n) is 7.02. The van der Waals surface area contributed by atoms with Gasteiger partial charge in [0.15, 0.2) is 5.65 Å². The third-order valence-corrected chi connectivity index (χ3v) is 7.02. The zero-order valence-electron chi connectivity index (χ0n) is 21.0. The van der Waals surface area contributed by atoms with Crippen molar-refractivity contribution in [3.05, 3.63) is 38.2 Å². The molecule has 0 radical (unpaired) electrons. The van der Waals surface area contributed by atoms with Gasteiger partial charge in [0.2, 0.25) is 0 Å². The maximum absolute atomic E-state index is 13.6. The van der Waals surface area contributed by atoms with Crippen LogP contribution in [0.25, 0.3) is 11.0 Å². The summed E-state index contributed by atoms with van der Waals surface area (Å²) in [6, 6.07) is 1.73. The van der Waals surface area contributed by atoms with Crippen molar-refractivity contribution in [3.8, 4) is 0 Å². The zero-order valence-corrected chi connectivity index (χ0v) is 21.0. The Kier molecular flexibility index (Phi) is 7.23. The molecule has 0 aliphatic carbocycles. The minimum absolute atomic E-state index is 0.0553. The molecule has 2 atom stereocenters. The van der Waals surface area contributed by atoms with E-state index in [1.807, 2.05) is 25.7 Å². The van der Waals surface area contributed by atoms with Gasteiger partial charge in [-0.1, -0.05) is 13.8 Å². The molecule has 2 fully saturated rings. The van der Waals surface area contributed by atoms with E-state index in [4.69, 9.17) is 4.74 Å². The lowest BCUT2D eigenvalue weighted by atomic mass is 9.94. The molecule has 0 bridgehead atoms. The van der Waals surface area contributed by atoms with Gasteiger partial charge in [-0.3, -0.25) is 24.0 Å². The van der Waals surface area contributed by atoms with Gasteiger partial charge in [0.1, 0.15) is 0 Å². The van der Waals surface area contributed by atoms with Gasteiger partial charge in [0.05, 0.1) is 23.2 Å². The van der Waals surface area contributed by atoms with Crippen molar-refractivity contribution in [3.63, 3.8) is 0 Å². The van der Waals surface area contributed by atoms with Crippen LogP contribution in [0.4, 0.5) is 0 Å². The normalized spacial score (nSPS) is 22.6. The average molecular weight is 472 g/mol. The number of rotatable bonds is 5. The number of morpholine rings is 1. The molecular formula is C25H37N5O4. The van der Waals surface area contributed by atoms with Crippen LogP contribution < -0.4 is 11.2 Å². The van der Waals surface area contributed by atoms with Crippen LogP contribution in [-0.2, 0) is 11.3 Å². The van der Waals surface area contributed by atoms with Crippen molar-refractivity contribution in [2.45, 2.75) is 72.1 Å². The number of pyridine rings is 1. The summed E-state index contributed by atoms with van der Waals surface area (Å²) in [5.41, 5.74) is 0.275. The molecule has 0 saturated carbocycles.